The number of nitrogens with one attached hydrogen (secondary N) is 1. The Morgan fingerprint density at radius 3 is 2.93 bits per heavy atom. The van der Waals surface area contributed by atoms with Crippen molar-refractivity contribution >= 4 is 22.6 Å². The van der Waals surface area contributed by atoms with Crippen LogP contribution >= 0.6 is 11.5 Å². The lowest BCUT2D eigenvalue weighted by Gasteiger charge is -2.10. The number of rotatable bonds is 4. The number of anilines is 1. The zero-order valence-electron chi connectivity index (χ0n) is 7.98. The standard InChI is InChI=1S/C7H12N4O2S/c1-4-9-7(14-11-4)10-6(12)5(3-8)13-2/h5H,3,8H2,1-2H3,(H,9,10,11,12). The lowest BCUT2D eigenvalue weighted by Crippen LogP contribution is -2.35. The Morgan fingerprint density at radius 1 is 1.79 bits per heavy atom. The normalized spacial score (nSPS) is 12.5. The summed E-state index contributed by atoms with van der Waals surface area (Å²) < 4.78 is 8.78. The van der Waals surface area contributed by atoms with Crippen LogP contribution in [0.4, 0.5) is 5.13 Å². The van der Waals surface area contributed by atoms with Gasteiger partial charge in [0.15, 0.2) is 0 Å². The minimum atomic E-state index is -0.640. The van der Waals surface area contributed by atoms with Crippen molar-refractivity contribution in [2.75, 3.05) is 19.0 Å². The largest absolute Gasteiger partial charge is 0.370 e. The van der Waals surface area contributed by atoms with Crippen LogP contribution in [0.3, 0.4) is 0 Å². The van der Waals surface area contributed by atoms with E-state index in [1.807, 2.05) is 0 Å². The topological polar surface area (TPSA) is 90.1 Å². The Balaban J connectivity index is 2.56. The number of hydrogen-bond donors (Lipinski definition) is 2. The molecule has 0 aromatic carbocycles. The molecule has 7 heteroatoms. The van der Waals surface area contributed by atoms with Gasteiger partial charge in [-0.05, 0) is 6.92 Å². The third-order valence-corrected chi connectivity index (χ3v) is 2.27. The number of aryl methyl sites for hydroxylation is 1. The minimum Gasteiger partial charge on any atom is -0.370 e. The van der Waals surface area contributed by atoms with Crippen molar-refractivity contribution in [2.45, 2.75) is 13.0 Å². The summed E-state index contributed by atoms with van der Waals surface area (Å²) >= 11 is 1.13. The molecule has 0 aliphatic rings. The molecular formula is C7H12N4O2S. The van der Waals surface area contributed by atoms with Gasteiger partial charge >= 0.3 is 0 Å². The Morgan fingerprint density at radius 2 is 2.50 bits per heavy atom. The molecule has 0 radical (unpaired) electrons. The summed E-state index contributed by atoms with van der Waals surface area (Å²) in [5, 5.41) is 3.03. The van der Waals surface area contributed by atoms with Crippen LogP contribution in [0.25, 0.3) is 0 Å². The number of ether oxygens (including phenoxy) is 1. The zero-order chi connectivity index (χ0) is 10.6. The van der Waals surface area contributed by atoms with Gasteiger partial charge in [0.2, 0.25) is 5.13 Å². The molecule has 0 spiro atoms. The maximum absolute atomic E-state index is 11.4. The highest BCUT2D eigenvalue weighted by molar-refractivity contribution is 7.09. The molecule has 0 bridgehead atoms. The second kappa shape index (κ2) is 4.99. The van der Waals surface area contributed by atoms with Gasteiger partial charge in [-0.1, -0.05) is 0 Å². The van der Waals surface area contributed by atoms with Gasteiger partial charge in [0, 0.05) is 25.2 Å². The molecule has 6 nitrogen and oxygen atoms in total. The van der Waals surface area contributed by atoms with E-state index in [9.17, 15) is 4.79 Å². The maximum Gasteiger partial charge on any atom is 0.256 e. The van der Waals surface area contributed by atoms with Gasteiger partial charge in [-0.15, -0.1) is 0 Å². The van der Waals surface area contributed by atoms with Crippen LogP contribution in [-0.4, -0.2) is 35.0 Å². The molecule has 78 valence electrons. The summed E-state index contributed by atoms with van der Waals surface area (Å²) in [6.07, 6.45) is -0.640. The van der Waals surface area contributed by atoms with E-state index < -0.39 is 6.10 Å². The number of carbonyl (C=O) groups excluding carboxylic acids is 1. The fraction of sp³-hybridized carbons (Fsp3) is 0.571. The van der Waals surface area contributed by atoms with Gasteiger partial charge in [0.1, 0.15) is 11.9 Å². The van der Waals surface area contributed by atoms with E-state index >= 15 is 0 Å². The third kappa shape index (κ3) is 2.72. The smallest absolute Gasteiger partial charge is 0.256 e. The second-order valence-corrected chi connectivity index (χ2v) is 3.35. The molecule has 0 saturated carbocycles. The Labute approximate surface area is 85.6 Å². The summed E-state index contributed by atoms with van der Waals surface area (Å²) in [4.78, 5) is 15.4. The number of hydrogen-bond acceptors (Lipinski definition) is 6. The van der Waals surface area contributed by atoms with E-state index in [4.69, 9.17) is 10.5 Å². The van der Waals surface area contributed by atoms with E-state index in [0.29, 0.717) is 11.0 Å². The molecule has 1 aromatic heterocycles. The van der Waals surface area contributed by atoms with Crippen molar-refractivity contribution < 1.29 is 9.53 Å². The summed E-state index contributed by atoms with van der Waals surface area (Å²) in [5.74, 6) is 0.332. The van der Waals surface area contributed by atoms with Crippen LogP contribution in [-0.2, 0) is 9.53 Å². The van der Waals surface area contributed by atoms with Crippen LogP contribution in [0.5, 0.6) is 0 Å². The maximum atomic E-state index is 11.4. The number of aromatic nitrogens is 2. The molecule has 0 aliphatic carbocycles. The molecule has 14 heavy (non-hydrogen) atoms. The second-order valence-electron chi connectivity index (χ2n) is 2.60. The summed E-state index contributed by atoms with van der Waals surface area (Å²) in [7, 11) is 1.43. The summed E-state index contributed by atoms with van der Waals surface area (Å²) in [6.45, 7) is 1.89. The van der Waals surface area contributed by atoms with Gasteiger partial charge in [-0.3, -0.25) is 10.1 Å². The zero-order valence-corrected chi connectivity index (χ0v) is 8.80. The number of nitrogens with two attached hydrogens (primary N) is 1. The van der Waals surface area contributed by atoms with Crippen LogP contribution in [0.1, 0.15) is 5.82 Å². The molecular weight excluding hydrogens is 204 g/mol. The Bertz CT molecular complexity index is 310. The lowest BCUT2D eigenvalue weighted by atomic mass is 10.3. The van der Waals surface area contributed by atoms with E-state index in [1.54, 1.807) is 6.92 Å². The lowest BCUT2D eigenvalue weighted by molar-refractivity contribution is -0.125. The molecule has 1 unspecified atom stereocenters. The highest BCUT2D eigenvalue weighted by Gasteiger charge is 2.16. The summed E-state index contributed by atoms with van der Waals surface area (Å²) in [5.41, 5.74) is 5.32. The molecule has 0 fully saturated rings. The van der Waals surface area contributed by atoms with Gasteiger partial charge in [0.25, 0.3) is 5.91 Å². The van der Waals surface area contributed by atoms with Gasteiger partial charge in [-0.25, -0.2) is 4.98 Å². The molecule has 1 atom stereocenters. The highest BCUT2D eigenvalue weighted by Crippen LogP contribution is 2.10. The average molecular weight is 216 g/mol. The fourth-order valence-corrected chi connectivity index (χ4v) is 1.42. The van der Waals surface area contributed by atoms with Crippen LogP contribution in [0.15, 0.2) is 0 Å². The van der Waals surface area contributed by atoms with Gasteiger partial charge in [0.05, 0.1) is 0 Å². The van der Waals surface area contributed by atoms with Crippen molar-refractivity contribution in [3.05, 3.63) is 5.82 Å². The van der Waals surface area contributed by atoms with E-state index in [1.165, 1.54) is 7.11 Å². The third-order valence-electron chi connectivity index (χ3n) is 1.55. The van der Waals surface area contributed by atoms with Crippen molar-refractivity contribution in [1.29, 1.82) is 0 Å². The number of carbonyl (C=O) groups is 1. The average Bonchev–Trinajstić information content (AvgIpc) is 2.53. The van der Waals surface area contributed by atoms with E-state index in [0.717, 1.165) is 11.5 Å². The van der Waals surface area contributed by atoms with Crippen LogP contribution in [0, 0.1) is 6.92 Å². The summed E-state index contributed by atoms with van der Waals surface area (Å²) in [6, 6.07) is 0. The fourth-order valence-electron chi connectivity index (χ4n) is 0.844. The minimum absolute atomic E-state index is 0.139. The SMILES string of the molecule is COC(CN)C(=O)Nc1nc(C)ns1. The van der Waals surface area contributed by atoms with Crippen molar-refractivity contribution in [3.8, 4) is 0 Å². The number of methoxy groups -OCH3 is 1. The molecule has 1 amide bonds. The molecule has 0 saturated heterocycles. The molecule has 1 aromatic rings. The predicted molar refractivity (Wildman–Crippen MR) is 53.1 cm³/mol. The van der Waals surface area contributed by atoms with E-state index in [-0.39, 0.29) is 12.5 Å². The van der Waals surface area contributed by atoms with Crippen LogP contribution in [0.2, 0.25) is 0 Å². The Kier molecular flexibility index (Phi) is 3.93. The monoisotopic (exact) mass is 216 g/mol. The van der Waals surface area contributed by atoms with Gasteiger partial charge in [-0.2, -0.15) is 4.37 Å². The van der Waals surface area contributed by atoms with Gasteiger partial charge < -0.3 is 10.5 Å². The first-order valence-electron chi connectivity index (χ1n) is 4.01. The predicted octanol–water partition coefficient (Wildman–Crippen LogP) is -0.241. The first-order chi connectivity index (χ1) is 6.67. The molecule has 0 aliphatic heterocycles. The number of nitrogens with zero attached hydrogens (tertiary/aromatic N) is 2. The first kappa shape index (κ1) is 11.0. The van der Waals surface area contributed by atoms with E-state index in [2.05, 4.69) is 14.7 Å². The van der Waals surface area contributed by atoms with Crippen molar-refractivity contribution in [2.24, 2.45) is 5.73 Å². The first-order valence-corrected chi connectivity index (χ1v) is 4.78. The quantitative estimate of drug-likeness (QED) is 0.725. The van der Waals surface area contributed by atoms with Crippen molar-refractivity contribution in [1.82, 2.24) is 9.36 Å². The Hall–Kier alpha value is -1.05. The number of amides is 1. The van der Waals surface area contributed by atoms with Crippen LogP contribution < -0.4 is 11.1 Å². The molecule has 1 heterocycles. The van der Waals surface area contributed by atoms with Crippen molar-refractivity contribution in [3.63, 3.8) is 0 Å². The molecule has 1 rings (SSSR count). The highest BCUT2D eigenvalue weighted by atomic mass is 32.1. The molecule has 3 N–H and O–H groups in total.